The second kappa shape index (κ2) is 3.48. The zero-order chi connectivity index (χ0) is 11.1. The van der Waals surface area contributed by atoms with Gasteiger partial charge in [-0.05, 0) is 18.4 Å². The minimum atomic E-state index is -0.0689. The minimum absolute atomic E-state index is 0.0000926. The van der Waals surface area contributed by atoms with Gasteiger partial charge in [0.25, 0.3) is 0 Å². The van der Waals surface area contributed by atoms with E-state index in [4.69, 9.17) is 4.74 Å². The first-order chi connectivity index (χ1) is 7.77. The fraction of sp³-hybridized carbons (Fsp3) is 0.357. The molecule has 0 fully saturated rings. The van der Waals surface area contributed by atoms with Gasteiger partial charge in [0.2, 0.25) is 0 Å². The summed E-state index contributed by atoms with van der Waals surface area (Å²) >= 11 is 0. The van der Waals surface area contributed by atoms with Crippen LogP contribution >= 0.6 is 0 Å². The number of hydrogen-bond acceptors (Lipinski definition) is 2. The normalized spacial score (nSPS) is 31.6. The fourth-order valence-corrected chi connectivity index (χ4v) is 2.76. The van der Waals surface area contributed by atoms with Crippen LogP contribution in [0.25, 0.3) is 0 Å². The lowest BCUT2D eigenvalue weighted by Gasteiger charge is -2.35. The lowest BCUT2D eigenvalue weighted by atomic mass is 9.72. The van der Waals surface area contributed by atoms with Crippen molar-refractivity contribution in [3.63, 3.8) is 0 Å². The number of fused-ring (bicyclic) bond motifs is 3. The van der Waals surface area contributed by atoms with Crippen LogP contribution in [0.4, 0.5) is 0 Å². The Kier molecular flexibility index (Phi) is 2.10. The summed E-state index contributed by atoms with van der Waals surface area (Å²) in [5.74, 6) is 1.24. The van der Waals surface area contributed by atoms with E-state index in [-0.39, 0.29) is 17.8 Å². The average Bonchev–Trinajstić information content (AvgIpc) is 2.29. The highest BCUT2D eigenvalue weighted by molar-refractivity contribution is 5.80. The maximum atomic E-state index is 11.9. The maximum Gasteiger partial charge on any atom is 0.315 e. The van der Waals surface area contributed by atoms with Crippen molar-refractivity contribution in [2.45, 2.75) is 19.3 Å². The van der Waals surface area contributed by atoms with Crippen molar-refractivity contribution in [2.75, 3.05) is 0 Å². The molecule has 82 valence electrons. The molecule has 0 unspecified atom stereocenters. The van der Waals surface area contributed by atoms with Gasteiger partial charge in [0.15, 0.2) is 0 Å². The van der Waals surface area contributed by atoms with Crippen LogP contribution in [-0.4, -0.2) is 5.97 Å². The predicted molar refractivity (Wildman–Crippen MR) is 61.2 cm³/mol. The molecule has 0 amide bonds. The molecule has 0 aromatic heterocycles. The van der Waals surface area contributed by atoms with Gasteiger partial charge in [0, 0.05) is 11.5 Å². The molecule has 0 N–H and O–H groups in total. The van der Waals surface area contributed by atoms with Gasteiger partial charge in [-0.1, -0.05) is 37.3 Å². The highest BCUT2D eigenvalue weighted by atomic mass is 16.5. The highest BCUT2D eigenvalue weighted by Gasteiger charge is 2.40. The van der Waals surface area contributed by atoms with Gasteiger partial charge in [-0.25, -0.2) is 0 Å². The van der Waals surface area contributed by atoms with Crippen molar-refractivity contribution in [3.05, 3.63) is 42.0 Å². The van der Waals surface area contributed by atoms with E-state index in [1.807, 2.05) is 18.2 Å². The Labute approximate surface area is 94.9 Å². The van der Waals surface area contributed by atoms with Crippen LogP contribution in [0.1, 0.15) is 24.8 Å². The molecule has 0 saturated heterocycles. The molecule has 0 bridgehead atoms. The summed E-state index contributed by atoms with van der Waals surface area (Å²) in [4.78, 5) is 11.9. The topological polar surface area (TPSA) is 26.3 Å². The summed E-state index contributed by atoms with van der Waals surface area (Å²) in [7, 11) is 0. The second-order valence-corrected chi connectivity index (χ2v) is 4.65. The molecule has 0 saturated carbocycles. The van der Waals surface area contributed by atoms with Crippen LogP contribution < -0.4 is 4.74 Å². The zero-order valence-electron chi connectivity index (χ0n) is 9.22. The monoisotopic (exact) mass is 214 g/mol. The number of carbonyl (C=O) groups is 1. The summed E-state index contributed by atoms with van der Waals surface area (Å²) in [6, 6.07) is 7.84. The van der Waals surface area contributed by atoms with Crippen LogP contribution in [0, 0.1) is 11.8 Å². The predicted octanol–water partition coefficient (Wildman–Crippen LogP) is 2.90. The standard InChI is InChI=1S/C14H14O2/c1-9-5-4-7-11-10-6-2-3-8-12(10)16-14(15)13(9)11/h2-4,6-9,11,13H,5H2,1H3/t9-,11-,13+/m0/s1. The number of rotatable bonds is 0. The van der Waals surface area contributed by atoms with Crippen LogP contribution in [0.15, 0.2) is 36.4 Å². The van der Waals surface area contributed by atoms with E-state index in [1.165, 1.54) is 0 Å². The van der Waals surface area contributed by atoms with E-state index in [2.05, 4.69) is 25.1 Å². The molecule has 1 aromatic carbocycles. The van der Waals surface area contributed by atoms with E-state index >= 15 is 0 Å². The van der Waals surface area contributed by atoms with E-state index in [9.17, 15) is 4.79 Å². The average molecular weight is 214 g/mol. The Balaban J connectivity index is 2.13. The first-order valence-electron chi connectivity index (χ1n) is 5.74. The maximum absolute atomic E-state index is 11.9. The number of benzene rings is 1. The molecular weight excluding hydrogens is 200 g/mol. The van der Waals surface area contributed by atoms with Crippen LogP contribution in [0.3, 0.4) is 0 Å². The van der Waals surface area contributed by atoms with Crippen LogP contribution in [0.5, 0.6) is 5.75 Å². The molecule has 16 heavy (non-hydrogen) atoms. The van der Waals surface area contributed by atoms with Crippen molar-refractivity contribution in [1.82, 2.24) is 0 Å². The number of ether oxygens (including phenoxy) is 1. The second-order valence-electron chi connectivity index (χ2n) is 4.65. The third-order valence-corrected chi connectivity index (χ3v) is 3.61. The van der Waals surface area contributed by atoms with Crippen molar-refractivity contribution >= 4 is 5.97 Å². The third kappa shape index (κ3) is 1.29. The van der Waals surface area contributed by atoms with Gasteiger partial charge < -0.3 is 4.74 Å². The zero-order valence-corrected chi connectivity index (χ0v) is 9.22. The van der Waals surface area contributed by atoms with E-state index in [0.29, 0.717) is 5.92 Å². The first-order valence-corrected chi connectivity index (χ1v) is 5.74. The van der Waals surface area contributed by atoms with Gasteiger partial charge in [-0.2, -0.15) is 0 Å². The molecule has 0 radical (unpaired) electrons. The molecule has 1 aliphatic heterocycles. The number of hydrogen-bond donors (Lipinski definition) is 0. The van der Waals surface area contributed by atoms with E-state index in [1.54, 1.807) is 0 Å². The van der Waals surface area contributed by atoms with Crippen LogP contribution in [-0.2, 0) is 4.79 Å². The Morgan fingerprint density at radius 2 is 2.12 bits per heavy atom. The van der Waals surface area contributed by atoms with Gasteiger partial charge >= 0.3 is 5.97 Å². The fourth-order valence-electron chi connectivity index (χ4n) is 2.76. The summed E-state index contributed by atoms with van der Waals surface area (Å²) in [6.07, 6.45) is 5.31. The van der Waals surface area contributed by atoms with Gasteiger partial charge in [-0.15, -0.1) is 0 Å². The van der Waals surface area contributed by atoms with Crippen molar-refractivity contribution < 1.29 is 9.53 Å². The molecule has 3 atom stereocenters. The Hall–Kier alpha value is -1.57. The Bertz CT molecular complexity index is 462. The molecule has 2 nitrogen and oxygen atoms in total. The lowest BCUT2D eigenvalue weighted by Crippen LogP contribution is -2.36. The van der Waals surface area contributed by atoms with Gasteiger partial charge in [-0.3, -0.25) is 4.79 Å². The van der Waals surface area contributed by atoms with Crippen molar-refractivity contribution in [3.8, 4) is 5.75 Å². The summed E-state index contributed by atoms with van der Waals surface area (Å²) < 4.78 is 5.40. The van der Waals surface area contributed by atoms with E-state index < -0.39 is 0 Å². The quantitative estimate of drug-likeness (QED) is 0.377. The Morgan fingerprint density at radius 3 is 3.00 bits per heavy atom. The first kappa shape index (κ1) is 9.64. The van der Waals surface area contributed by atoms with Gasteiger partial charge in [0.05, 0.1) is 5.92 Å². The molecule has 3 rings (SSSR count). The molecule has 0 spiro atoms. The minimum Gasteiger partial charge on any atom is -0.426 e. The smallest absolute Gasteiger partial charge is 0.315 e. The van der Waals surface area contributed by atoms with Crippen molar-refractivity contribution in [2.24, 2.45) is 11.8 Å². The van der Waals surface area contributed by atoms with Gasteiger partial charge in [0.1, 0.15) is 5.75 Å². The largest absolute Gasteiger partial charge is 0.426 e. The highest BCUT2D eigenvalue weighted by Crippen LogP contribution is 2.44. The SMILES string of the molecule is C[C@H]1CC=C[C@H]2c3ccccc3OC(=O)[C@H]12. The summed E-state index contributed by atoms with van der Waals surface area (Å²) in [5, 5.41) is 0. The van der Waals surface area contributed by atoms with Crippen LogP contribution in [0.2, 0.25) is 0 Å². The number of para-hydroxylation sites is 1. The third-order valence-electron chi connectivity index (χ3n) is 3.61. The molecule has 1 aromatic rings. The number of allylic oxidation sites excluding steroid dienone is 2. The molecule has 2 heteroatoms. The molecule has 1 aliphatic carbocycles. The summed E-state index contributed by atoms with van der Waals surface area (Å²) in [6.45, 7) is 2.12. The van der Waals surface area contributed by atoms with Crippen molar-refractivity contribution in [1.29, 1.82) is 0 Å². The number of esters is 1. The molecular formula is C14H14O2. The lowest BCUT2D eigenvalue weighted by molar-refractivity contribution is -0.142. The number of carbonyl (C=O) groups excluding carboxylic acids is 1. The molecule has 1 heterocycles. The molecule has 2 aliphatic rings. The van der Waals surface area contributed by atoms with E-state index in [0.717, 1.165) is 17.7 Å². The summed E-state index contributed by atoms with van der Waals surface area (Å²) in [5.41, 5.74) is 1.15. The Morgan fingerprint density at radius 1 is 1.31 bits per heavy atom.